The Morgan fingerprint density at radius 3 is 2.58 bits per heavy atom. The maximum Gasteiger partial charge on any atom is 0.337 e. The molecule has 0 spiro atoms. The molecule has 3 aromatic rings. The van der Waals surface area contributed by atoms with Crippen LogP contribution in [0.15, 0.2) is 48.8 Å². The van der Waals surface area contributed by atoms with Crippen LogP contribution in [-0.2, 0) is 16.0 Å². The smallest absolute Gasteiger partial charge is 0.337 e. The molecule has 26 heavy (non-hydrogen) atoms. The number of carbonyl (C=O) groups is 1. The van der Waals surface area contributed by atoms with Crippen molar-refractivity contribution in [3.63, 3.8) is 0 Å². The molecule has 2 atom stereocenters. The minimum atomic E-state index is -0.321. The molecule has 2 aromatic carbocycles. The highest BCUT2D eigenvalue weighted by molar-refractivity contribution is 5.90. The molecule has 5 nitrogen and oxygen atoms in total. The van der Waals surface area contributed by atoms with Gasteiger partial charge in [-0.3, -0.25) is 4.68 Å². The average Bonchev–Trinajstić information content (AvgIpc) is 3.34. The van der Waals surface area contributed by atoms with Crippen LogP contribution in [-0.4, -0.2) is 22.9 Å². The molecule has 1 aromatic heterocycles. The van der Waals surface area contributed by atoms with Crippen LogP contribution in [0.1, 0.15) is 55.9 Å². The molecule has 2 aliphatic rings. The molecule has 0 aliphatic carbocycles. The first-order chi connectivity index (χ1) is 12.6. The van der Waals surface area contributed by atoms with Crippen molar-refractivity contribution in [3.8, 4) is 0 Å². The van der Waals surface area contributed by atoms with Crippen LogP contribution in [0.25, 0.3) is 0 Å². The fourth-order valence-corrected chi connectivity index (χ4v) is 3.98. The first-order valence-corrected chi connectivity index (χ1v) is 8.63. The topological polar surface area (TPSA) is 53.4 Å². The number of aryl methyl sites for hydroxylation is 1. The molecule has 5 rings (SSSR count). The Bertz CT molecular complexity index is 1040. The van der Waals surface area contributed by atoms with Gasteiger partial charge in [-0.15, -0.1) is 0 Å². The molecule has 130 valence electrons. The Morgan fingerprint density at radius 2 is 1.85 bits per heavy atom. The summed E-state index contributed by atoms with van der Waals surface area (Å²) in [7, 11) is 1.40. The molecule has 0 saturated heterocycles. The van der Waals surface area contributed by atoms with Gasteiger partial charge in [-0.1, -0.05) is 24.3 Å². The van der Waals surface area contributed by atoms with Crippen molar-refractivity contribution in [2.75, 3.05) is 7.11 Å². The Hall–Kier alpha value is -2.92. The van der Waals surface area contributed by atoms with E-state index in [9.17, 15) is 4.79 Å². The van der Waals surface area contributed by atoms with E-state index in [4.69, 9.17) is 9.47 Å². The zero-order valence-corrected chi connectivity index (χ0v) is 14.6. The Balaban J connectivity index is 1.51. The van der Waals surface area contributed by atoms with Crippen molar-refractivity contribution in [2.45, 2.75) is 25.7 Å². The minimum Gasteiger partial charge on any atom is -0.465 e. The van der Waals surface area contributed by atoms with E-state index >= 15 is 0 Å². The number of methoxy groups -OCH3 is 1. The number of esters is 1. The standard InChI is InChI=1S/C21H18N2O3/c1-12-9-22-23(10-12)11-13-3-5-15-17(7-13)20-18-8-14(21(24)25-2)4-6-16(18)19(15)26-20/h3-10,19-20H,11H2,1-2H3/t19-,20+/m0/s1. The monoisotopic (exact) mass is 346 g/mol. The first kappa shape index (κ1) is 15.3. The molecule has 0 unspecified atom stereocenters. The van der Waals surface area contributed by atoms with Crippen molar-refractivity contribution in [1.29, 1.82) is 0 Å². The summed E-state index contributed by atoms with van der Waals surface area (Å²) in [5.41, 5.74) is 7.52. The van der Waals surface area contributed by atoms with Crippen LogP contribution in [0.4, 0.5) is 0 Å². The van der Waals surface area contributed by atoms with Gasteiger partial charge in [-0.25, -0.2) is 4.79 Å². The minimum absolute atomic E-state index is 0.0438. The lowest BCUT2D eigenvalue weighted by atomic mass is 9.84. The van der Waals surface area contributed by atoms with Gasteiger partial charge in [0.05, 0.1) is 25.4 Å². The summed E-state index contributed by atoms with van der Waals surface area (Å²) in [5.74, 6) is -0.321. The predicted molar refractivity (Wildman–Crippen MR) is 95.1 cm³/mol. The molecule has 3 heterocycles. The van der Waals surface area contributed by atoms with E-state index in [1.165, 1.54) is 23.8 Å². The molecule has 0 fully saturated rings. The van der Waals surface area contributed by atoms with Crippen LogP contribution in [0, 0.1) is 6.92 Å². The molecule has 0 saturated carbocycles. The lowest BCUT2D eigenvalue weighted by Gasteiger charge is -2.17. The number of nitrogens with zero attached hydrogens (tertiary/aromatic N) is 2. The molecule has 2 aliphatic heterocycles. The maximum atomic E-state index is 11.9. The summed E-state index contributed by atoms with van der Waals surface area (Å²) in [6.45, 7) is 2.77. The fourth-order valence-electron chi connectivity index (χ4n) is 3.98. The Morgan fingerprint density at radius 1 is 1.12 bits per heavy atom. The van der Waals surface area contributed by atoms with Gasteiger partial charge in [-0.2, -0.15) is 5.10 Å². The third-order valence-electron chi connectivity index (χ3n) is 5.17. The lowest BCUT2D eigenvalue weighted by Crippen LogP contribution is -2.08. The normalized spacial score (nSPS) is 19.3. The lowest BCUT2D eigenvalue weighted by molar-refractivity contribution is 0.0600. The predicted octanol–water partition coefficient (Wildman–Crippen LogP) is 3.55. The number of hydrogen-bond donors (Lipinski definition) is 0. The zero-order valence-electron chi connectivity index (χ0n) is 14.6. The second kappa shape index (κ2) is 5.54. The zero-order chi connectivity index (χ0) is 17.8. The molecule has 0 radical (unpaired) electrons. The van der Waals surface area contributed by atoms with E-state index in [1.807, 2.05) is 42.2 Å². The molecular weight excluding hydrogens is 328 g/mol. The molecule has 0 N–H and O–H groups in total. The fraction of sp³-hybridized carbons (Fsp3) is 0.238. The molecular formula is C21H18N2O3. The van der Waals surface area contributed by atoms with Crippen LogP contribution in [0.3, 0.4) is 0 Å². The van der Waals surface area contributed by atoms with E-state index in [1.54, 1.807) is 0 Å². The Labute approximate surface area is 151 Å². The summed E-state index contributed by atoms with van der Waals surface area (Å²) >= 11 is 0. The highest BCUT2D eigenvalue weighted by Gasteiger charge is 2.43. The second-order valence-electron chi connectivity index (χ2n) is 6.91. The van der Waals surface area contributed by atoms with Crippen molar-refractivity contribution >= 4 is 5.97 Å². The third kappa shape index (κ3) is 2.21. The Kier molecular flexibility index (Phi) is 3.27. The number of fused-ring (bicyclic) bond motifs is 8. The van der Waals surface area contributed by atoms with Gasteiger partial charge in [0.25, 0.3) is 0 Å². The highest BCUT2D eigenvalue weighted by atomic mass is 16.5. The van der Waals surface area contributed by atoms with Crippen molar-refractivity contribution < 1.29 is 14.3 Å². The number of hydrogen-bond acceptors (Lipinski definition) is 4. The number of aromatic nitrogens is 2. The van der Waals surface area contributed by atoms with Crippen molar-refractivity contribution in [2.24, 2.45) is 0 Å². The molecule has 0 amide bonds. The number of rotatable bonds is 3. The van der Waals surface area contributed by atoms with Gasteiger partial charge in [-0.05, 0) is 52.4 Å². The second-order valence-corrected chi connectivity index (χ2v) is 6.91. The third-order valence-corrected chi connectivity index (χ3v) is 5.17. The largest absolute Gasteiger partial charge is 0.465 e. The maximum absolute atomic E-state index is 11.9. The van der Waals surface area contributed by atoms with Gasteiger partial charge < -0.3 is 9.47 Å². The van der Waals surface area contributed by atoms with Crippen molar-refractivity contribution in [3.05, 3.63) is 87.7 Å². The highest BCUT2D eigenvalue weighted by Crippen LogP contribution is 2.54. The van der Waals surface area contributed by atoms with Crippen LogP contribution < -0.4 is 0 Å². The number of ether oxygens (including phenoxy) is 2. The summed E-state index contributed by atoms with van der Waals surface area (Å²) in [6, 6.07) is 12.2. The van der Waals surface area contributed by atoms with Gasteiger partial charge in [0.1, 0.15) is 12.2 Å². The van der Waals surface area contributed by atoms with E-state index in [-0.39, 0.29) is 18.2 Å². The van der Waals surface area contributed by atoms with Crippen molar-refractivity contribution in [1.82, 2.24) is 9.78 Å². The first-order valence-electron chi connectivity index (χ1n) is 8.63. The van der Waals surface area contributed by atoms with Gasteiger partial charge in [0, 0.05) is 6.20 Å². The number of carbonyl (C=O) groups excluding carboxylic acids is 1. The summed E-state index contributed by atoms with van der Waals surface area (Å²) in [5, 5.41) is 4.36. The van der Waals surface area contributed by atoms with E-state index in [0.717, 1.165) is 23.2 Å². The average molecular weight is 346 g/mol. The van der Waals surface area contributed by atoms with Gasteiger partial charge in [0.2, 0.25) is 0 Å². The summed E-state index contributed by atoms with van der Waals surface area (Å²) in [4.78, 5) is 11.9. The summed E-state index contributed by atoms with van der Waals surface area (Å²) in [6.07, 6.45) is 3.74. The van der Waals surface area contributed by atoms with Crippen LogP contribution in [0.2, 0.25) is 0 Å². The quantitative estimate of drug-likeness (QED) is 0.681. The number of benzene rings is 2. The molecule has 5 heteroatoms. The van der Waals surface area contributed by atoms with Gasteiger partial charge in [0.15, 0.2) is 0 Å². The summed E-state index contributed by atoms with van der Waals surface area (Å²) < 4.78 is 13.0. The van der Waals surface area contributed by atoms with E-state index in [2.05, 4.69) is 23.3 Å². The van der Waals surface area contributed by atoms with Crippen LogP contribution in [0.5, 0.6) is 0 Å². The molecule has 2 bridgehead atoms. The van der Waals surface area contributed by atoms with E-state index in [0.29, 0.717) is 5.56 Å². The SMILES string of the molecule is COC(=O)c1ccc2c(c1)[C@@H]1O[C@H]2c2ccc(Cn3cc(C)cn3)cc21. The van der Waals surface area contributed by atoms with E-state index < -0.39 is 0 Å². The van der Waals surface area contributed by atoms with Crippen LogP contribution >= 0.6 is 0 Å². The van der Waals surface area contributed by atoms with Gasteiger partial charge >= 0.3 is 5.97 Å².